The van der Waals surface area contributed by atoms with Crippen molar-refractivity contribution in [3.8, 4) is 11.5 Å². The molecule has 30 heavy (non-hydrogen) atoms. The molecule has 1 aromatic rings. The van der Waals surface area contributed by atoms with Crippen molar-refractivity contribution in [1.82, 2.24) is 4.90 Å². The zero-order chi connectivity index (χ0) is 22.1. The van der Waals surface area contributed by atoms with E-state index in [0.29, 0.717) is 24.0 Å². The van der Waals surface area contributed by atoms with Crippen molar-refractivity contribution in [1.29, 1.82) is 0 Å². The van der Waals surface area contributed by atoms with Gasteiger partial charge in [-0.05, 0) is 77.3 Å². The Morgan fingerprint density at radius 3 is 2.43 bits per heavy atom. The molecule has 0 bridgehead atoms. The smallest absolute Gasteiger partial charge is 0.257 e. The van der Waals surface area contributed by atoms with Gasteiger partial charge in [0.2, 0.25) is 0 Å². The number of hydrogen-bond donors (Lipinski definition) is 2. The number of aryl methyl sites for hydroxylation is 1. The van der Waals surface area contributed by atoms with Gasteiger partial charge in [0.15, 0.2) is 0 Å². The molecule has 0 spiro atoms. The molecule has 4 heteroatoms. The maximum atomic E-state index is 13.2. The summed E-state index contributed by atoms with van der Waals surface area (Å²) in [5, 5.41) is 21.7. The lowest BCUT2D eigenvalue weighted by atomic mass is 9.94. The number of allylic oxidation sites excluding steroid dienone is 4. The maximum absolute atomic E-state index is 13.2. The fraction of sp³-hybridized carbons (Fsp3) is 0.577. The van der Waals surface area contributed by atoms with Crippen molar-refractivity contribution in [3.05, 3.63) is 46.1 Å². The third kappa shape index (κ3) is 6.65. The first kappa shape index (κ1) is 24.0. The average molecular weight is 414 g/mol. The Kier molecular flexibility index (Phi) is 9.48. The van der Waals surface area contributed by atoms with E-state index < -0.39 is 0 Å². The van der Waals surface area contributed by atoms with Gasteiger partial charge in [0.05, 0.1) is 5.56 Å². The highest BCUT2D eigenvalue weighted by Gasteiger charge is 2.27. The third-order valence-corrected chi connectivity index (χ3v) is 5.87. The SMILES string of the molecule is CCCCCc1cc(O)c(C/C=C(\C)CCC=C(C)C)c(O)c1C(=O)N1CCCC1. The number of nitrogens with zero attached hydrogens (tertiary/aromatic N) is 1. The first-order valence-corrected chi connectivity index (χ1v) is 11.5. The predicted molar refractivity (Wildman–Crippen MR) is 124 cm³/mol. The van der Waals surface area contributed by atoms with Crippen molar-refractivity contribution >= 4 is 5.91 Å². The number of carbonyl (C=O) groups is 1. The summed E-state index contributed by atoms with van der Waals surface area (Å²) in [6, 6.07) is 1.71. The Morgan fingerprint density at radius 2 is 1.80 bits per heavy atom. The van der Waals surface area contributed by atoms with Crippen LogP contribution in [0, 0.1) is 0 Å². The van der Waals surface area contributed by atoms with Crippen LogP contribution in [0.4, 0.5) is 0 Å². The van der Waals surface area contributed by atoms with Gasteiger partial charge in [0, 0.05) is 18.7 Å². The number of aromatic hydroxyl groups is 2. The fourth-order valence-electron chi connectivity index (χ4n) is 4.00. The lowest BCUT2D eigenvalue weighted by molar-refractivity contribution is 0.0788. The summed E-state index contributed by atoms with van der Waals surface area (Å²) >= 11 is 0. The Morgan fingerprint density at radius 1 is 1.10 bits per heavy atom. The van der Waals surface area contributed by atoms with E-state index in [1.54, 1.807) is 6.07 Å². The molecular weight excluding hydrogens is 374 g/mol. The van der Waals surface area contributed by atoms with Crippen LogP contribution < -0.4 is 0 Å². The molecule has 2 rings (SSSR count). The number of hydrogen-bond acceptors (Lipinski definition) is 3. The summed E-state index contributed by atoms with van der Waals surface area (Å²) < 4.78 is 0. The minimum atomic E-state index is -0.0954. The van der Waals surface area contributed by atoms with Gasteiger partial charge < -0.3 is 15.1 Å². The summed E-state index contributed by atoms with van der Waals surface area (Å²) in [7, 11) is 0. The molecule has 1 amide bonds. The second-order valence-corrected chi connectivity index (χ2v) is 8.79. The van der Waals surface area contributed by atoms with Gasteiger partial charge in [-0.25, -0.2) is 0 Å². The van der Waals surface area contributed by atoms with E-state index in [1.807, 2.05) is 4.90 Å². The monoisotopic (exact) mass is 413 g/mol. The molecule has 4 nitrogen and oxygen atoms in total. The third-order valence-electron chi connectivity index (χ3n) is 5.87. The first-order chi connectivity index (χ1) is 14.3. The maximum Gasteiger partial charge on any atom is 0.257 e. The van der Waals surface area contributed by atoms with Crippen LogP contribution in [0.3, 0.4) is 0 Å². The van der Waals surface area contributed by atoms with Crippen LogP contribution in [0.15, 0.2) is 29.4 Å². The summed E-state index contributed by atoms with van der Waals surface area (Å²) in [5.74, 6) is -0.0425. The molecule has 1 heterocycles. The van der Waals surface area contributed by atoms with Gasteiger partial charge >= 0.3 is 0 Å². The molecule has 0 aromatic heterocycles. The molecule has 1 aliphatic rings. The zero-order valence-corrected chi connectivity index (χ0v) is 19.3. The van der Waals surface area contributed by atoms with Crippen molar-refractivity contribution in [2.24, 2.45) is 0 Å². The minimum Gasteiger partial charge on any atom is -0.508 e. The van der Waals surface area contributed by atoms with Crippen molar-refractivity contribution in [2.75, 3.05) is 13.1 Å². The van der Waals surface area contributed by atoms with Gasteiger partial charge in [-0.15, -0.1) is 0 Å². The molecule has 1 fully saturated rings. The number of likely N-dealkylation sites (tertiary alicyclic amines) is 1. The lowest BCUT2D eigenvalue weighted by Gasteiger charge is -2.21. The van der Waals surface area contributed by atoms with Gasteiger partial charge in [-0.1, -0.05) is 43.1 Å². The number of rotatable bonds is 10. The molecule has 0 radical (unpaired) electrons. The van der Waals surface area contributed by atoms with Crippen LogP contribution in [0.5, 0.6) is 11.5 Å². The van der Waals surface area contributed by atoms with Crippen LogP contribution in [-0.2, 0) is 12.8 Å². The average Bonchev–Trinajstić information content (AvgIpc) is 3.22. The summed E-state index contributed by atoms with van der Waals surface area (Å²) in [6.07, 6.45) is 12.4. The number of benzene rings is 1. The largest absolute Gasteiger partial charge is 0.508 e. The number of phenols is 2. The molecule has 2 N–H and O–H groups in total. The van der Waals surface area contributed by atoms with E-state index in [-0.39, 0.29) is 17.4 Å². The second-order valence-electron chi connectivity index (χ2n) is 8.79. The van der Waals surface area contributed by atoms with Crippen LogP contribution >= 0.6 is 0 Å². The number of carbonyl (C=O) groups excluding carboxylic acids is 1. The molecule has 166 valence electrons. The molecule has 1 aromatic carbocycles. The number of amides is 1. The topological polar surface area (TPSA) is 60.8 Å². The summed E-state index contributed by atoms with van der Waals surface area (Å²) in [4.78, 5) is 15.0. The molecular formula is C26H39NO3. The quantitative estimate of drug-likeness (QED) is 0.349. The number of unbranched alkanes of at least 4 members (excludes halogenated alkanes) is 2. The van der Waals surface area contributed by atoms with Gasteiger partial charge in [-0.2, -0.15) is 0 Å². The minimum absolute atomic E-state index is 0.0354. The van der Waals surface area contributed by atoms with Gasteiger partial charge in [0.25, 0.3) is 5.91 Å². The standard InChI is InChI=1S/C26H39NO3/c1-5-6-7-13-21-18-23(28)22(15-14-20(4)12-10-11-19(2)3)25(29)24(21)26(30)27-16-8-9-17-27/h11,14,18,28-29H,5-10,12-13,15-17H2,1-4H3/b20-14+. The molecule has 0 unspecified atom stereocenters. The number of phenolic OH excluding ortho intramolecular Hbond substituents is 2. The van der Waals surface area contributed by atoms with Gasteiger partial charge in [0.1, 0.15) is 11.5 Å². The van der Waals surface area contributed by atoms with E-state index in [9.17, 15) is 15.0 Å². The first-order valence-electron chi connectivity index (χ1n) is 11.5. The predicted octanol–water partition coefficient (Wildman–Crippen LogP) is 6.30. The summed E-state index contributed by atoms with van der Waals surface area (Å²) in [5.41, 5.74) is 4.14. The Balaban J connectivity index is 2.30. The second kappa shape index (κ2) is 11.8. The van der Waals surface area contributed by atoms with Gasteiger partial charge in [-0.3, -0.25) is 4.79 Å². The molecule has 0 atom stereocenters. The normalized spacial score (nSPS) is 14.3. The zero-order valence-electron chi connectivity index (χ0n) is 19.3. The Hall–Kier alpha value is -2.23. The highest BCUT2D eigenvalue weighted by atomic mass is 16.3. The van der Waals surface area contributed by atoms with Crippen molar-refractivity contribution < 1.29 is 15.0 Å². The van der Waals surface area contributed by atoms with E-state index in [2.05, 4.69) is 39.8 Å². The van der Waals surface area contributed by atoms with E-state index >= 15 is 0 Å². The molecule has 0 saturated carbocycles. The van der Waals surface area contributed by atoms with Crippen LogP contribution in [0.25, 0.3) is 0 Å². The van der Waals surface area contributed by atoms with Crippen LogP contribution in [-0.4, -0.2) is 34.1 Å². The summed E-state index contributed by atoms with van der Waals surface area (Å²) in [6.45, 7) is 9.88. The van der Waals surface area contributed by atoms with E-state index in [1.165, 1.54) is 11.1 Å². The van der Waals surface area contributed by atoms with Crippen LogP contribution in [0.1, 0.15) is 94.1 Å². The molecule has 1 aliphatic heterocycles. The van der Waals surface area contributed by atoms with Crippen molar-refractivity contribution in [3.63, 3.8) is 0 Å². The molecule has 1 saturated heterocycles. The highest BCUT2D eigenvalue weighted by Crippen LogP contribution is 2.36. The lowest BCUT2D eigenvalue weighted by Crippen LogP contribution is -2.28. The van der Waals surface area contributed by atoms with Crippen molar-refractivity contribution in [2.45, 2.75) is 85.5 Å². The van der Waals surface area contributed by atoms with E-state index in [4.69, 9.17) is 0 Å². The van der Waals surface area contributed by atoms with E-state index in [0.717, 1.165) is 63.6 Å². The highest BCUT2D eigenvalue weighted by molar-refractivity contribution is 5.99. The molecule has 0 aliphatic carbocycles. The van der Waals surface area contributed by atoms with Crippen LogP contribution in [0.2, 0.25) is 0 Å². The Labute approximate surface area is 182 Å². The Bertz CT molecular complexity index is 782. The fourth-order valence-corrected chi connectivity index (χ4v) is 4.00.